The molecule has 0 heterocycles. The number of rotatable bonds is 8. The number of aromatic carboxylic acids is 1. The average Bonchev–Trinajstić information content (AvgIpc) is 3.06. The van der Waals surface area contributed by atoms with Crippen molar-refractivity contribution in [3.63, 3.8) is 0 Å². The number of carboxylic acid groups (broad SMARTS) is 1. The summed E-state index contributed by atoms with van der Waals surface area (Å²) in [5, 5.41) is 13.0. The van der Waals surface area contributed by atoms with E-state index in [1.807, 2.05) is 0 Å². The molecule has 0 aromatic heterocycles. The molecule has 6 nitrogen and oxygen atoms in total. The molecule has 128 valence electrons. The van der Waals surface area contributed by atoms with Crippen molar-refractivity contribution in [2.45, 2.75) is 38.1 Å². The van der Waals surface area contributed by atoms with Crippen molar-refractivity contribution < 1.29 is 24.1 Å². The van der Waals surface area contributed by atoms with Gasteiger partial charge in [0.25, 0.3) is 0 Å². The highest BCUT2D eigenvalue weighted by molar-refractivity contribution is 5.92. The van der Waals surface area contributed by atoms with Crippen LogP contribution in [0.3, 0.4) is 0 Å². The summed E-state index contributed by atoms with van der Waals surface area (Å²) in [6.07, 6.45) is 5.46. The van der Waals surface area contributed by atoms with Gasteiger partial charge >= 0.3 is 5.97 Å². The highest BCUT2D eigenvalue weighted by atomic mass is 16.5. The molecule has 0 spiro atoms. The Morgan fingerprint density at radius 2 is 1.83 bits per heavy atom. The van der Waals surface area contributed by atoms with Gasteiger partial charge in [-0.2, -0.15) is 0 Å². The van der Waals surface area contributed by atoms with Crippen molar-refractivity contribution >= 4 is 5.97 Å². The van der Waals surface area contributed by atoms with Crippen LogP contribution in [0.2, 0.25) is 0 Å². The zero-order valence-electron chi connectivity index (χ0n) is 14.0. The molecule has 0 unspecified atom stereocenters. The fourth-order valence-electron chi connectivity index (χ4n) is 3.19. The molecule has 1 aliphatic rings. The molecule has 23 heavy (non-hydrogen) atoms. The lowest BCUT2D eigenvalue weighted by molar-refractivity contribution is 0.0694. The van der Waals surface area contributed by atoms with Crippen molar-refractivity contribution in [2.75, 3.05) is 27.9 Å². The third-order valence-electron chi connectivity index (χ3n) is 4.33. The van der Waals surface area contributed by atoms with Gasteiger partial charge in [0.05, 0.1) is 26.9 Å². The minimum absolute atomic E-state index is 0.188. The van der Waals surface area contributed by atoms with E-state index >= 15 is 0 Å². The number of ether oxygens (including phenoxy) is 3. The standard InChI is InChI=1S/C17H25NO5/c1-21-14-10-13(17(19)20)12(15(22-2)16(14)23-3)8-9-18-11-6-4-5-7-11/h10-11,18H,4-9H2,1-3H3,(H,19,20). The van der Waals surface area contributed by atoms with Crippen LogP contribution in [0.5, 0.6) is 17.2 Å². The summed E-state index contributed by atoms with van der Waals surface area (Å²) in [5.41, 5.74) is 0.816. The fraction of sp³-hybridized carbons (Fsp3) is 0.588. The molecule has 1 aromatic rings. The molecular formula is C17H25NO5. The Morgan fingerprint density at radius 3 is 2.35 bits per heavy atom. The van der Waals surface area contributed by atoms with E-state index in [4.69, 9.17) is 14.2 Å². The molecule has 2 N–H and O–H groups in total. The molecular weight excluding hydrogens is 298 g/mol. The zero-order valence-corrected chi connectivity index (χ0v) is 14.0. The van der Waals surface area contributed by atoms with Gasteiger partial charge in [0, 0.05) is 11.6 Å². The number of nitrogens with one attached hydrogen (secondary N) is 1. The third kappa shape index (κ3) is 3.88. The van der Waals surface area contributed by atoms with Crippen molar-refractivity contribution in [3.05, 3.63) is 17.2 Å². The molecule has 0 amide bonds. The predicted octanol–water partition coefficient (Wildman–Crippen LogP) is 2.49. The summed E-state index contributed by atoms with van der Waals surface area (Å²) in [5.74, 6) is 0.211. The quantitative estimate of drug-likeness (QED) is 0.765. The van der Waals surface area contributed by atoms with Crippen LogP contribution >= 0.6 is 0 Å². The smallest absolute Gasteiger partial charge is 0.336 e. The van der Waals surface area contributed by atoms with Crippen LogP contribution in [-0.4, -0.2) is 45.0 Å². The normalized spacial score (nSPS) is 14.7. The number of carboxylic acids is 1. The molecule has 6 heteroatoms. The van der Waals surface area contributed by atoms with Gasteiger partial charge in [-0.1, -0.05) is 12.8 Å². The molecule has 2 rings (SSSR count). The van der Waals surface area contributed by atoms with Crippen LogP contribution in [0.25, 0.3) is 0 Å². The first-order valence-electron chi connectivity index (χ1n) is 7.90. The van der Waals surface area contributed by atoms with Crippen molar-refractivity contribution in [3.8, 4) is 17.2 Å². The Balaban J connectivity index is 2.28. The maximum absolute atomic E-state index is 11.6. The minimum atomic E-state index is -1.000. The zero-order chi connectivity index (χ0) is 16.8. The first kappa shape index (κ1) is 17.4. The number of benzene rings is 1. The summed E-state index contributed by atoms with van der Waals surface area (Å²) in [7, 11) is 4.50. The average molecular weight is 323 g/mol. The van der Waals surface area contributed by atoms with E-state index in [0.717, 1.165) is 0 Å². The second kappa shape index (κ2) is 8.06. The molecule has 0 radical (unpaired) electrons. The monoisotopic (exact) mass is 323 g/mol. The van der Waals surface area contributed by atoms with Crippen LogP contribution in [0.4, 0.5) is 0 Å². The summed E-state index contributed by atoms with van der Waals surface area (Å²) >= 11 is 0. The molecule has 0 bridgehead atoms. The van der Waals surface area contributed by atoms with E-state index in [2.05, 4.69) is 5.32 Å². The SMILES string of the molecule is COc1cc(C(=O)O)c(CCNC2CCCC2)c(OC)c1OC. The Hall–Kier alpha value is -1.95. The van der Waals surface area contributed by atoms with E-state index in [9.17, 15) is 9.90 Å². The van der Waals surface area contributed by atoms with Gasteiger partial charge in [-0.05, 0) is 31.9 Å². The van der Waals surface area contributed by atoms with Crippen molar-refractivity contribution in [2.24, 2.45) is 0 Å². The molecule has 1 saturated carbocycles. The van der Waals surface area contributed by atoms with Gasteiger partial charge in [-0.3, -0.25) is 0 Å². The molecule has 1 fully saturated rings. The van der Waals surface area contributed by atoms with Crippen LogP contribution in [-0.2, 0) is 6.42 Å². The number of hydrogen-bond acceptors (Lipinski definition) is 5. The highest BCUT2D eigenvalue weighted by Crippen LogP contribution is 2.42. The van der Waals surface area contributed by atoms with Crippen LogP contribution in [0.1, 0.15) is 41.6 Å². The van der Waals surface area contributed by atoms with Gasteiger partial charge in [-0.15, -0.1) is 0 Å². The number of hydrogen-bond donors (Lipinski definition) is 2. The second-order valence-electron chi connectivity index (χ2n) is 5.66. The largest absolute Gasteiger partial charge is 0.493 e. The van der Waals surface area contributed by atoms with Gasteiger partial charge in [-0.25, -0.2) is 4.79 Å². The summed E-state index contributed by atoms with van der Waals surface area (Å²) in [4.78, 5) is 11.6. The van der Waals surface area contributed by atoms with Gasteiger partial charge in [0.15, 0.2) is 11.5 Å². The van der Waals surface area contributed by atoms with E-state index in [0.29, 0.717) is 41.8 Å². The first-order valence-corrected chi connectivity index (χ1v) is 7.90. The molecule has 1 aliphatic carbocycles. The minimum Gasteiger partial charge on any atom is -0.493 e. The lowest BCUT2D eigenvalue weighted by Gasteiger charge is -2.19. The van der Waals surface area contributed by atoms with Gasteiger partial charge in [0.2, 0.25) is 5.75 Å². The summed E-state index contributed by atoms with van der Waals surface area (Å²) < 4.78 is 16.0. The van der Waals surface area contributed by atoms with Crippen molar-refractivity contribution in [1.29, 1.82) is 0 Å². The van der Waals surface area contributed by atoms with Crippen LogP contribution < -0.4 is 19.5 Å². The lowest BCUT2D eigenvalue weighted by atomic mass is 10.0. The van der Waals surface area contributed by atoms with Gasteiger partial charge < -0.3 is 24.6 Å². The van der Waals surface area contributed by atoms with Crippen LogP contribution in [0, 0.1) is 0 Å². The summed E-state index contributed by atoms with van der Waals surface area (Å²) in [6, 6.07) is 2.03. The van der Waals surface area contributed by atoms with Crippen molar-refractivity contribution in [1.82, 2.24) is 5.32 Å². The molecule has 0 aliphatic heterocycles. The topological polar surface area (TPSA) is 77.0 Å². The summed E-state index contributed by atoms with van der Waals surface area (Å²) in [6.45, 7) is 0.705. The van der Waals surface area contributed by atoms with E-state index in [-0.39, 0.29) is 5.56 Å². The predicted molar refractivity (Wildman–Crippen MR) is 87.0 cm³/mol. The Bertz CT molecular complexity index is 552. The van der Waals surface area contributed by atoms with E-state index in [1.165, 1.54) is 53.1 Å². The molecule has 0 saturated heterocycles. The molecule has 1 aromatic carbocycles. The fourth-order valence-corrected chi connectivity index (χ4v) is 3.19. The second-order valence-corrected chi connectivity index (χ2v) is 5.66. The number of methoxy groups -OCH3 is 3. The van der Waals surface area contributed by atoms with Gasteiger partial charge in [0.1, 0.15) is 0 Å². The Labute approximate surface area is 136 Å². The third-order valence-corrected chi connectivity index (χ3v) is 4.33. The Kier molecular flexibility index (Phi) is 6.10. The molecule has 0 atom stereocenters. The maximum Gasteiger partial charge on any atom is 0.336 e. The lowest BCUT2D eigenvalue weighted by Crippen LogP contribution is -2.28. The van der Waals surface area contributed by atoms with E-state index in [1.54, 1.807) is 0 Å². The van der Waals surface area contributed by atoms with E-state index < -0.39 is 5.97 Å². The number of carbonyl (C=O) groups is 1. The van der Waals surface area contributed by atoms with Crippen LogP contribution in [0.15, 0.2) is 6.07 Å². The maximum atomic E-state index is 11.6. The first-order chi connectivity index (χ1) is 11.1. The Morgan fingerprint density at radius 1 is 1.17 bits per heavy atom. The highest BCUT2D eigenvalue weighted by Gasteiger charge is 2.24.